The molecule has 1 fully saturated rings. The minimum atomic E-state index is -3.49. The first-order valence-electron chi connectivity index (χ1n) is 6.34. The van der Waals surface area contributed by atoms with Crippen molar-refractivity contribution in [1.82, 2.24) is 4.31 Å². The number of rotatable bonds is 2. The van der Waals surface area contributed by atoms with Gasteiger partial charge in [-0.1, -0.05) is 31.5 Å². The molecule has 1 aromatic carbocycles. The van der Waals surface area contributed by atoms with Crippen molar-refractivity contribution < 1.29 is 13.2 Å². The van der Waals surface area contributed by atoms with Crippen LogP contribution in [-0.4, -0.2) is 31.6 Å². The zero-order chi connectivity index (χ0) is 14.3. The van der Waals surface area contributed by atoms with Crippen LogP contribution in [0.15, 0.2) is 29.2 Å². The number of sulfonamides is 1. The van der Waals surface area contributed by atoms with Gasteiger partial charge in [-0.15, -0.1) is 0 Å². The van der Waals surface area contributed by atoms with Gasteiger partial charge >= 0.3 is 0 Å². The van der Waals surface area contributed by atoms with Gasteiger partial charge in [0.1, 0.15) is 5.78 Å². The summed E-state index contributed by atoms with van der Waals surface area (Å²) in [4.78, 5) is 12.0. The van der Waals surface area contributed by atoms with Crippen molar-refractivity contribution in [2.75, 3.05) is 13.1 Å². The lowest BCUT2D eigenvalue weighted by Crippen LogP contribution is -2.48. The molecular formula is C14H19NO3S. The molecule has 1 aromatic rings. The van der Waals surface area contributed by atoms with Crippen molar-refractivity contribution in [3.05, 3.63) is 29.8 Å². The van der Waals surface area contributed by atoms with Crippen molar-refractivity contribution in [2.24, 2.45) is 5.41 Å². The van der Waals surface area contributed by atoms with Crippen molar-refractivity contribution in [1.29, 1.82) is 0 Å². The third kappa shape index (κ3) is 2.72. The van der Waals surface area contributed by atoms with Crippen LogP contribution >= 0.6 is 0 Å². The van der Waals surface area contributed by atoms with Crippen LogP contribution in [0.2, 0.25) is 0 Å². The summed E-state index contributed by atoms with van der Waals surface area (Å²) in [5.74, 6) is 0.128. The van der Waals surface area contributed by atoms with Gasteiger partial charge in [-0.2, -0.15) is 4.31 Å². The Morgan fingerprint density at radius 3 is 2.26 bits per heavy atom. The molecule has 0 bridgehead atoms. The Labute approximate surface area is 114 Å². The van der Waals surface area contributed by atoms with Gasteiger partial charge in [0, 0.05) is 24.9 Å². The molecule has 0 saturated carbocycles. The number of carbonyl (C=O) groups excluding carboxylic acids is 1. The number of ketones is 1. The molecule has 0 aromatic heterocycles. The molecule has 1 aliphatic rings. The molecule has 0 aliphatic carbocycles. The predicted molar refractivity (Wildman–Crippen MR) is 73.3 cm³/mol. The number of benzene rings is 1. The Bertz CT molecular complexity index is 588. The van der Waals surface area contributed by atoms with Crippen LogP contribution in [0, 0.1) is 12.3 Å². The van der Waals surface area contributed by atoms with E-state index in [1.165, 1.54) is 4.31 Å². The average molecular weight is 281 g/mol. The van der Waals surface area contributed by atoms with Crippen LogP contribution in [-0.2, 0) is 14.8 Å². The van der Waals surface area contributed by atoms with Gasteiger partial charge in [0.2, 0.25) is 10.0 Å². The van der Waals surface area contributed by atoms with Crippen LogP contribution in [0.5, 0.6) is 0 Å². The molecule has 0 amide bonds. The summed E-state index contributed by atoms with van der Waals surface area (Å²) in [6.45, 7) is 6.04. The lowest BCUT2D eigenvalue weighted by atomic mass is 9.84. The Morgan fingerprint density at radius 2 is 1.74 bits per heavy atom. The second-order valence-electron chi connectivity index (χ2n) is 5.71. The molecule has 104 valence electrons. The summed E-state index contributed by atoms with van der Waals surface area (Å²) in [6, 6.07) is 6.81. The van der Waals surface area contributed by atoms with Crippen LogP contribution in [0.1, 0.15) is 25.8 Å². The third-order valence-corrected chi connectivity index (χ3v) is 5.43. The van der Waals surface area contributed by atoms with E-state index in [-0.39, 0.29) is 25.3 Å². The zero-order valence-electron chi connectivity index (χ0n) is 11.5. The number of aryl methyl sites for hydroxylation is 1. The van der Waals surface area contributed by atoms with Crippen LogP contribution in [0.25, 0.3) is 0 Å². The lowest BCUT2D eigenvalue weighted by Gasteiger charge is -2.35. The summed E-state index contributed by atoms with van der Waals surface area (Å²) in [5.41, 5.74) is 0.420. The highest BCUT2D eigenvalue weighted by Gasteiger charge is 2.39. The highest BCUT2D eigenvalue weighted by molar-refractivity contribution is 7.89. The molecule has 5 heteroatoms. The SMILES string of the molecule is Cc1ccc(S(=O)(=O)N2CCC(=O)C(C)(C)C2)cc1. The van der Waals surface area contributed by atoms with E-state index >= 15 is 0 Å². The summed E-state index contributed by atoms with van der Waals surface area (Å²) in [7, 11) is -3.49. The van der Waals surface area contributed by atoms with Crippen molar-refractivity contribution in [3.63, 3.8) is 0 Å². The summed E-state index contributed by atoms with van der Waals surface area (Å²) in [5, 5.41) is 0. The molecule has 1 heterocycles. The Kier molecular flexibility index (Phi) is 3.53. The number of carbonyl (C=O) groups is 1. The van der Waals surface area contributed by atoms with E-state index in [9.17, 15) is 13.2 Å². The molecule has 1 aliphatic heterocycles. The molecule has 2 rings (SSSR count). The number of hydrogen-bond acceptors (Lipinski definition) is 3. The molecule has 0 spiro atoms. The third-order valence-electron chi connectivity index (χ3n) is 3.57. The number of hydrogen-bond donors (Lipinski definition) is 0. The molecular weight excluding hydrogens is 262 g/mol. The number of Topliss-reactive ketones (excluding diaryl/α,β-unsaturated/α-hetero) is 1. The second-order valence-corrected chi connectivity index (χ2v) is 7.65. The topological polar surface area (TPSA) is 54.5 Å². The Balaban J connectivity index is 2.31. The van der Waals surface area contributed by atoms with E-state index in [1.807, 2.05) is 6.92 Å². The quantitative estimate of drug-likeness (QED) is 0.833. The molecule has 0 N–H and O–H groups in total. The monoisotopic (exact) mass is 281 g/mol. The maximum absolute atomic E-state index is 12.5. The maximum atomic E-state index is 12.5. The average Bonchev–Trinajstić information content (AvgIpc) is 2.33. The zero-order valence-corrected chi connectivity index (χ0v) is 12.3. The molecule has 0 radical (unpaired) electrons. The van der Waals surface area contributed by atoms with E-state index in [1.54, 1.807) is 38.1 Å². The van der Waals surface area contributed by atoms with Crippen molar-refractivity contribution in [2.45, 2.75) is 32.1 Å². The first-order chi connectivity index (χ1) is 8.73. The Hall–Kier alpha value is -1.20. The highest BCUT2D eigenvalue weighted by Crippen LogP contribution is 2.29. The van der Waals surface area contributed by atoms with Crippen molar-refractivity contribution in [3.8, 4) is 0 Å². The maximum Gasteiger partial charge on any atom is 0.243 e. The van der Waals surface area contributed by atoms with Crippen LogP contribution < -0.4 is 0 Å². The van der Waals surface area contributed by atoms with E-state index < -0.39 is 15.4 Å². The van der Waals surface area contributed by atoms with E-state index in [2.05, 4.69) is 0 Å². The fourth-order valence-electron chi connectivity index (χ4n) is 2.24. The van der Waals surface area contributed by atoms with Crippen molar-refractivity contribution >= 4 is 15.8 Å². The molecule has 1 saturated heterocycles. The molecule has 4 nitrogen and oxygen atoms in total. The number of piperidine rings is 1. The molecule has 0 atom stereocenters. The van der Waals surface area contributed by atoms with E-state index in [0.717, 1.165) is 5.56 Å². The largest absolute Gasteiger partial charge is 0.299 e. The minimum absolute atomic E-state index is 0.128. The first-order valence-corrected chi connectivity index (χ1v) is 7.78. The number of nitrogens with zero attached hydrogens (tertiary/aromatic N) is 1. The predicted octanol–water partition coefficient (Wildman–Crippen LogP) is 1.98. The van der Waals surface area contributed by atoms with Gasteiger partial charge in [-0.3, -0.25) is 4.79 Å². The van der Waals surface area contributed by atoms with Gasteiger partial charge in [0.25, 0.3) is 0 Å². The van der Waals surface area contributed by atoms with E-state index in [4.69, 9.17) is 0 Å². The highest BCUT2D eigenvalue weighted by atomic mass is 32.2. The van der Waals surface area contributed by atoms with Crippen LogP contribution in [0.4, 0.5) is 0 Å². The molecule has 19 heavy (non-hydrogen) atoms. The van der Waals surface area contributed by atoms with Gasteiger partial charge in [-0.25, -0.2) is 8.42 Å². The van der Waals surface area contributed by atoms with Gasteiger partial charge in [0.15, 0.2) is 0 Å². The summed E-state index contributed by atoms with van der Waals surface area (Å²) >= 11 is 0. The normalized spacial score (nSPS) is 20.5. The summed E-state index contributed by atoms with van der Waals surface area (Å²) in [6.07, 6.45) is 0.290. The first kappa shape index (κ1) is 14.2. The molecule has 0 unspecified atom stereocenters. The standard InChI is InChI=1S/C14H19NO3S/c1-11-4-6-12(7-5-11)19(17,18)15-9-8-13(16)14(2,3)10-15/h4-7H,8-10H2,1-3H3. The van der Waals surface area contributed by atoms with Gasteiger partial charge in [0.05, 0.1) is 4.90 Å². The Morgan fingerprint density at radius 1 is 1.16 bits per heavy atom. The fraction of sp³-hybridized carbons (Fsp3) is 0.500. The lowest BCUT2D eigenvalue weighted by molar-refractivity contribution is -0.129. The van der Waals surface area contributed by atoms with Crippen LogP contribution in [0.3, 0.4) is 0 Å². The van der Waals surface area contributed by atoms with Gasteiger partial charge in [-0.05, 0) is 19.1 Å². The van der Waals surface area contributed by atoms with Gasteiger partial charge < -0.3 is 0 Å². The van der Waals surface area contributed by atoms with E-state index in [0.29, 0.717) is 4.90 Å². The smallest absolute Gasteiger partial charge is 0.243 e. The fourth-order valence-corrected chi connectivity index (χ4v) is 3.84. The second kappa shape index (κ2) is 4.72. The minimum Gasteiger partial charge on any atom is -0.299 e. The summed E-state index contributed by atoms with van der Waals surface area (Å²) < 4.78 is 26.4.